The van der Waals surface area contributed by atoms with E-state index in [0.717, 1.165) is 0 Å². The van der Waals surface area contributed by atoms with Gasteiger partial charge in [0.05, 0.1) is 13.2 Å². The Kier molecular flexibility index (Phi) is 5.91. The van der Waals surface area contributed by atoms with Crippen LogP contribution in [0, 0.1) is 0 Å². The third kappa shape index (κ3) is 6.29. The first kappa shape index (κ1) is 11.6. The number of hydrogen-bond donors (Lipinski definition) is 0. The van der Waals surface area contributed by atoms with Crippen molar-refractivity contribution in [2.75, 3.05) is 20.0 Å². The van der Waals surface area contributed by atoms with Gasteiger partial charge in [-0.15, -0.1) is 6.58 Å². The fraction of sp³-hybridized carbons (Fsp3) is 0.667. The summed E-state index contributed by atoms with van der Waals surface area (Å²) in [7, 11) is -3.87. The van der Waals surface area contributed by atoms with Gasteiger partial charge in [-0.1, -0.05) is 6.08 Å². The molecule has 0 aliphatic heterocycles. The van der Waals surface area contributed by atoms with E-state index in [2.05, 4.69) is 19.7 Å². The Morgan fingerprint density at radius 2 is 2.08 bits per heavy atom. The third-order valence-electron chi connectivity index (χ3n) is 0.774. The Bertz CT molecular complexity index is 208. The molecular formula is C6H12O5S. The smallest absolute Gasteiger partial charge is 0.350 e. The molecule has 0 aliphatic rings. The first-order chi connectivity index (χ1) is 5.62. The van der Waals surface area contributed by atoms with Crippen molar-refractivity contribution in [1.29, 1.82) is 0 Å². The highest BCUT2D eigenvalue weighted by molar-refractivity contribution is 7.81. The van der Waals surface area contributed by atoms with Crippen LogP contribution in [0.2, 0.25) is 0 Å². The predicted octanol–water partition coefficient (Wildman–Crippen LogP) is 0.444. The van der Waals surface area contributed by atoms with Crippen LogP contribution in [-0.4, -0.2) is 28.4 Å². The van der Waals surface area contributed by atoms with Crippen molar-refractivity contribution in [2.24, 2.45) is 0 Å². The normalized spacial score (nSPS) is 11.4. The van der Waals surface area contributed by atoms with Crippen LogP contribution < -0.4 is 0 Å². The molecule has 6 heteroatoms. The van der Waals surface area contributed by atoms with E-state index in [0.29, 0.717) is 0 Å². The van der Waals surface area contributed by atoms with Crippen LogP contribution in [0.25, 0.3) is 0 Å². The van der Waals surface area contributed by atoms with Gasteiger partial charge in [0.2, 0.25) is 0 Å². The summed E-state index contributed by atoms with van der Waals surface area (Å²) in [5, 5.41) is 0. The molecule has 0 aromatic carbocycles. The van der Waals surface area contributed by atoms with E-state index in [-0.39, 0.29) is 20.0 Å². The first-order valence-electron chi connectivity index (χ1n) is 3.34. The molecule has 0 heterocycles. The second-order valence-corrected chi connectivity index (χ2v) is 3.00. The number of rotatable bonds is 7. The van der Waals surface area contributed by atoms with Crippen LogP contribution >= 0.6 is 0 Å². The van der Waals surface area contributed by atoms with E-state index in [9.17, 15) is 8.42 Å². The van der Waals surface area contributed by atoms with Gasteiger partial charge in [0.25, 0.3) is 0 Å². The van der Waals surface area contributed by atoms with E-state index < -0.39 is 10.4 Å². The summed E-state index contributed by atoms with van der Waals surface area (Å²) in [4.78, 5) is 0. The Hall–Kier alpha value is -0.430. The molecule has 0 aliphatic carbocycles. The lowest BCUT2D eigenvalue weighted by Crippen LogP contribution is -2.12. The second kappa shape index (κ2) is 6.13. The van der Waals surface area contributed by atoms with Crippen molar-refractivity contribution in [2.45, 2.75) is 6.92 Å². The average Bonchev–Trinajstić information content (AvgIpc) is 1.98. The average molecular weight is 196 g/mol. The van der Waals surface area contributed by atoms with Crippen molar-refractivity contribution in [3.63, 3.8) is 0 Å². The molecule has 0 radical (unpaired) electrons. The Labute approximate surface area is 72.3 Å². The van der Waals surface area contributed by atoms with Crippen LogP contribution in [0.15, 0.2) is 12.7 Å². The molecule has 0 fully saturated rings. The van der Waals surface area contributed by atoms with E-state index in [1.807, 2.05) is 0 Å². The summed E-state index contributed by atoms with van der Waals surface area (Å²) in [6, 6.07) is 0. The molecule has 0 aromatic rings. The standard InChI is InChI=1S/C6H12O5S/c1-3-5-9-6-11-12(7,8)10-4-2/h3H,1,4-6H2,2H3. The predicted molar refractivity (Wildman–Crippen MR) is 42.6 cm³/mol. The minimum Gasteiger partial charge on any atom is -0.350 e. The molecule has 0 N–H and O–H groups in total. The van der Waals surface area contributed by atoms with Gasteiger partial charge in [-0.25, -0.2) is 8.37 Å². The molecule has 0 atom stereocenters. The highest BCUT2D eigenvalue weighted by Gasteiger charge is 2.09. The molecule has 0 amide bonds. The zero-order valence-corrected chi connectivity index (χ0v) is 7.67. The molecule has 12 heavy (non-hydrogen) atoms. The molecule has 0 aromatic heterocycles. The van der Waals surface area contributed by atoms with Gasteiger partial charge < -0.3 is 4.74 Å². The Balaban J connectivity index is 3.54. The molecule has 5 nitrogen and oxygen atoms in total. The fourth-order valence-electron chi connectivity index (χ4n) is 0.403. The zero-order chi connectivity index (χ0) is 9.45. The summed E-state index contributed by atoms with van der Waals surface area (Å²) in [6.45, 7) is 4.85. The quantitative estimate of drug-likeness (QED) is 0.336. The largest absolute Gasteiger partial charge is 0.402 e. The SMILES string of the molecule is C=CCOCOS(=O)(=O)OCC. The molecule has 72 valence electrons. The lowest BCUT2D eigenvalue weighted by atomic mass is 10.7. The lowest BCUT2D eigenvalue weighted by molar-refractivity contribution is 0.0238. The minimum atomic E-state index is -3.87. The van der Waals surface area contributed by atoms with Gasteiger partial charge >= 0.3 is 10.4 Å². The van der Waals surface area contributed by atoms with Gasteiger partial charge in [0.15, 0.2) is 6.79 Å². The number of ether oxygens (including phenoxy) is 1. The summed E-state index contributed by atoms with van der Waals surface area (Å²) in [6.07, 6.45) is 1.48. The molecule has 0 saturated carbocycles. The van der Waals surface area contributed by atoms with E-state index in [1.165, 1.54) is 6.08 Å². The van der Waals surface area contributed by atoms with E-state index >= 15 is 0 Å². The van der Waals surface area contributed by atoms with Gasteiger partial charge in [0, 0.05) is 0 Å². The van der Waals surface area contributed by atoms with Crippen molar-refractivity contribution < 1.29 is 21.5 Å². The van der Waals surface area contributed by atoms with Crippen molar-refractivity contribution in [1.82, 2.24) is 0 Å². The summed E-state index contributed by atoms with van der Waals surface area (Å²) < 4.78 is 34.5. The fourth-order valence-corrected chi connectivity index (χ4v) is 0.945. The summed E-state index contributed by atoms with van der Waals surface area (Å²) in [5.41, 5.74) is 0. The minimum absolute atomic E-state index is 0.0454. The highest BCUT2D eigenvalue weighted by Crippen LogP contribution is 1.95. The Morgan fingerprint density at radius 1 is 1.42 bits per heavy atom. The van der Waals surface area contributed by atoms with Crippen molar-refractivity contribution in [3.05, 3.63) is 12.7 Å². The molecule has 0 rings (SSSR count). The zero-order valence-electron chi connectivity index (χ0n) is 6.86. The van der Waals surface area contributed by atoms with Crippen LogP contribution in [0.5, 0.6) is 0 Å². The number of hydrogen-bond acceptors (Lipinski definition) is 5. The molecular weight excluding hydrogens is 184 g/mol. The topological polar surface area (TPSA) is 61.8 Å². The highest BCUT2D eigenvalue weighted by atomic mass is 32.3. The maximum Gasteiger partial charge on any atom is 0.402 e. The first-order valence-corrected chi connectivity index (χ1v) is 4.68. The van der Waals surface area contributed by atoms with Gasteiger partial charge in [-0.2, -0.15) is 8.42 Å². The van der Waals surface area contributed by atoms with Gasteiger partial charge in [-0.3, -0.25) is 0 Å². The molecule has 0 spiro atoms. The lowest BCUT2D eigenvalue weighted by Gasteiger charge is -2.03. The molecule has 0 bridgehead atoms. The van der Waals surface area contributed by atoms with Crippen LogP contribution in [0.1, 0.15) is 6.92 Å². The maximum atomic E-state index is 10.6. The second-order valence-electron chi connectivity index (χ2n) is 1.71. The summed E-state index contributed by atoms with van der Waals surface area (Å²) >= 11 is 0. The van der Waals surface area contributed by atoms with Crippen molar-refractivity contribution in [3.8, 4) is 0 Å². The monoisotopic (exact) mass is 196 g/mol. The maximum absolute atomic E-state index is 10.6. The van der Waals surface area contributed by atoms with E-state index in [1.54, 1.807) is 6.92 Å². The van der Waals surface area contributed by atoms with Crippen LogP contribution in [0.4, 0.5) is 0 Å². The Morgan fingerprint density at radius 3 is 2.58 bits per heavy atom. The van der Waals surface area contributed by atoms with E-state index in [4.69, 9.17) is 0 Å². The molecule has 0 saturated heterocycles. The van der Waals surface area contributed by atoms with Crippen molar-refractivity contribution >= 4 is 10.4 Å². The third-order valence-corrected chi connectivity index (χ3v) is 1.68. The van der Waals surface area contributed by atoms with Gasteiger partial charge in [0.1, 0.15) is 0 Å². The molecule has 0 unspecified atom stereocenters. The van der Waals surface area contributed by atoms with Crippen LogP contribution in [-0.2, 0) is 23.5 Å². The van der Waals surface area contributed by atoms with Crippen LogP contribution in [0.3, 0.4) is 0 Å². The van der Waals surface area contributed by atoms with Gasteiger partial charge in [-0.05, 0) is 6.92 Å². The summed E-state index contributed by atoms with van der Waals surface area (Å²) in [5.74, 6) is 0.